The van der Waals surface area contributed by atoms with Gasteiger partial charge in [0.25, 0.3) is 0 Å². The highest BCUT2D eigenvalue weighted by molar-refractivity contribution is 9.09. The van der Waals surface area contributed by atoms with Gasteiger partial charge in [-0.3, -0.25) is 0 Å². The van der Waals surface area contributed by atoms with Crippen molar-refractivity contribution < 1.29 is 4.39 Å². The Hall–Kier alpha value is -0.380. The summed E-state index contributed by atoms with van der Waals surface area (Å²) in [6.45, 7) is 5.56. The van der Waals surface area contributed by atoms with Crippen LogP contribution in [0, 0.1) is 26.6 Å². The van der Waals surface area contributed by atoms with E-state index in [1.54, 1.807) is 25.2 Å². The Morgan fingerprint density at radius 3 is 2.17 bits per heavy atom. The van der Waals surface area contributed by atoms with E-state index in [0.29, 0.717) is 11.1 Å². The molecule has 0 bridgehead atoms. The van der Waals surface area contributed by atoms with E-state index in [-0.39, 0.29) is 10.6 Å². The maximum absolute atomic E-state index is 13.6. The van der Waals surface area contributed by atoms with Crippen molar-refractivity contribution in [2.75, 3.05) is 0 Å². The predicted octanol–water partition coefficient (Wildman–Crippen LogP) is 5.95. The maximum atomic E-state index is 13.6. The number of rotatable bonds is 2. The fourth-order valence-electron chi connectivity index (χ4n) is 1.90. The highest BCUT2D eigenvalue weighted by atomic mass is 79.9. The zero-order valence-electron chi connectivity index (χ0n) is 10.4. The molecule has 1 unspecified atom stereocenters. The number of thiophene rings is 1. The van der Waals surface area contributed by atoms with Crippen LogP contribution in [0.25, 0.3) is 0 Å². The van der Waals surface area contributed by atoms with Crippen molar-refractivity contribution >= 4 is 38.9 Å². The molecule has 0 amide bonds. The molecule has 0 radical (unpaired) electrons. The molecule has 0 saturated heterocycles. The Bertz CT molecular complexity index is 568. The zero-order chi connectivity index (χ0) is 13.4. The summed E-state index contributed by atoms with van der Waals surface area (Å²) in [5, 5.41) is 2.83. The second-order valence-corrected chi connectivity index (χ2v) is 6.63. The second kappa shape index (κ2) is 5.32. The van der Waals surface area contributed by atoms with Crippen LogP contribution in [-0.4, -0.2) is 0 Å². The molecule has 1 aromatic carbocycles. The fourth-order valence-corrected chi connectivity index (χ4v) is 4.15. The predicted molar refractivity (Wildman–Crippen MR) is 80.7 cm³/mol. The van der Waals surface area contributed by atoms with E-state index in [1.165, 1.54) is 0 Å². The van der Waals surface area contributed by atoms with E-state index in [9.17, 15) is 4.39 Å². The molecular weight excluding hydrogens is 335 g/mol. The van der Waals surface area contributed by atoms with Crippen molar-refractivity contribution in [3.05, 3.63) is 55.5 Å². The molecule has 0 N–H and O–H groups in total. The van der Waals surface area contributed by atoms with E-state index in [1.807, 2.05) is 24.4 Å². The van der Waals surface area contributed by atoms with Gasteiger partial charge >= 0.3 is 0 Å². The molecule has 96 valence electrons. The molecule has 0 nitrogen and oxygen atoms in total. The first kappa shape index (κ1) is 14.0. The van der Waals surface area contributed by atoms with Crippen molar-refractivity contribution in [3.63, 3.8) is 0 Å². The van der Waals surface area contributed by atoms with Gasteiger partial charge in [-0.2, -0.15) is 0 Å². The van der Waals surface area contributed by atoms with E-state index in [4.69, 9.17) is 11.6 Å². The first-order valence-corrected chi connectivity index (χ1v) is 7.73. The summed E-state index contributed by atoms with van der Waals surface area (Å²) in [4.78, 5) is 1.08. The summed E-state index contributed by atoms with van der Waals surface area (Å²) in [7, 11) is 0. The number of hydrogen-bond donors (Lipinski definition) is 0. The molecule has 0 saturated carbocycles. The SMILES string of the molecule is Cc1cc(C(Br)c2scc(C)c2Cl)cc(C)c1F. The third kappa shape index (κ3) is 2.49. The van der Waals surface area contributed by atoms with Gasteiger partial charge in [-0.05, 0) is 48.4 Å². The van der Waals surface area contributed by atoms with Crippen LogP contribution in [-0.2, 0) is 0 Å². The van der Waals surface area contributed by atoms with Crippen LogP contribution in [0.3, 0.4) is 0 Å². The average molecular weight is 348 g/mol. The lowest BCUT2D eigenvalue weighted by Gasteiger charge is -2.12. The van der Waals surface area contributed by atoms with Crippen LogP contribution >= 0.6 is 38.9 Å². The number of benzene rings is 1. The maximum Gasteiger partial charge on any atom is 0.129 e. The van der Waals surface area contributed by atoms with Crippen LogP contribution in [0.4, 0.5) is 4.39 Å². The molecule has 0 fully saturated rings. The Kier molecular flexibility index (Phi) is 4.15. The van der Waals surface area contributed by atoms with E-state index < -0.39 is 0 Å². The second-order valence-electron chi connectivity index (χ2n) is 4.43. The Morgan fingerprint density at radius 1 is 1.17 bits per heavy atom. The summed E-state index contributed by atoms with van der Waals surface area (Å²) in [5.74, 6) is -0.132. The lowest BCUT2D eigenvalue weighted by Crippen LogP contribution is -1.96. The monoisotopic (exact) mass is 346 g/mol. The van der Waals surface area contributed by atoms with Crippen LogP contribution in [0.2, 0.25) is 5.02 Å². The van der Waals surface area contributed by atoms with Gasteiger partial charge < -0.3 is 0 Å². The normalized spacial score (nSPS) is 12.8. The molecule has 0 aliphatic heterocycles. The fraction of sp³-hybridized carbons (Fsp3) is 0.286. The van der Waals surface area contributed by atoms with Gasteiger partial charge in [0.15, 0.2) is 0 Å². The van der Waals surface area contributed by atoms with Crippen molar-refractivity contribution in [2.24, 2.45) is 0 Å². The van der Waals surface area contributed by atoms with Crippen LogP contribution in [0.1, 0.15) is 32.0 Å². The molecule has 0 aliphatic rings. The van der Waals surface area contributed by atoms with Crippen molar-refractivity contribution in [2.45, 2.75) is 25.6 Å². The molecule has 1 heterocycles. The summed E-state index contributed by atoms with van der Waals surface area (Å²) in [5.41, 5.74) is 3.45. The lowest BCUT2D eigenvalue weighted by atomic mass is 10.0. The van der Waals surface area contributed by atoms with Crippen LogP contribution in [0.5, 0.6) is 0 Å². The minimum absolute atomic E-state index is 0.0155. The van der Waals surface area contributed by atoms with E-state index in [0.717, 1.165) is 21.0 Å². The van der Waals surface area contributed by atoms with E-state index >= 15 is 0 Å². The largest absolute Gasteiger partial charge is 0.206 e. The minimum atomic E-state index is -0.132. The summed E-state index contributed by atoms with van der Waals surface area (Å²) < 4.78 is 13.6. The number of aryl methyl sites for hydroxylation is 3. The molecule has 4 heteroatoms. The van der Waals surface area contributed by atoms with Gasteiger partial charge in [0.05, 0.1) is 9.85 Å². The quantitative estimate of drug-likeness (QED) is 0.589. The average Bonchev–Trinajstić information content (AvgIpc) is 2.65. The number of halogens is 3. The first-order chi connectivity index (χ1) is 8.41. The smallest absolute Gasteiger partial charge is 0.129 e. The highest BCUT2D eigenvalue weighted by Crippen LogP contribution is 2.41. The third-order valence-electron chi connectivity index (χ3n) is 2.91. The molecule has 1 aromatic heterocycles. The number of alkyl halides is 1. The van der Waals surface area contributed by atoms with Gasteiger partial charge in [0.2, 0.25) is 0 Å². The lowest BCUT2D eigenvalue weighted by molar-refractivity contribution is 0.608. The molecule has 18 heavy (non-hydrogen) atoms. The van der Waals surface area contributed by atoms with Crippen molar-refractivity contribution in [3.8, 4) is 0 Å². The Balaban J connectivity index is 2.46. The minimum Gasteiger partial charge on any atom is -0.206 e. The van der Waals surface area contributed by atoms with Crippen molar-refractivity contribution in [1.29, 1.82) is 0 Å². The third-order valence-corrected chi connectivity index (χ3v) is 5.98. The van der Waals surface area contributed by atoms with E-state index in [2.05, 4.69) is 15.9 Å². The Morgan fingerprint density at radius 2 is 1.72 bits per heavy atom. The molecule has 2 aromatic rings. The topological polar surface area (TPSA) is 0 Å². The summed E-state index contributed by atoms with van der Waals surface area (Å²) in [6.07, 6.45) is 0. The molecule has 0 spiro atoms. The van der Waals surface area contributed by atoms with Crippen molar-refractivity contribution in [1.82, 2.24) is 0 Å². The molecule has 1 atom stereocenters. The molecule has 0 aliphatic carbocycles. The highest BCUT2D eigenvalue weighted by Gasteiger charge is 2.18. The van der Waals surface area contributed by atoms with Gasteiger partial charge in [0.1, 0.15) is 5.82 Å². The van der Waals surface area contributed by atoms with Gasteiger partial charge in [-0.25, -0.2) is 4.39 Å². The van der Waals surface area contributed by atoms with Gasteiger partial charge in [-0.15, -0.1) is 11.3 Å². The number of hydrogen-bond acceptors (Lipinski definition) is 1. The summed E-state index contributed by atoms with van der Waals surface area (Å²) >= 11 is 11.5. The van der Waals surface area contributed by atoms with Gasteiger partial charge in [-0.1, -0.05) is 39.7 Å². The molecular formula is C14H13BrClFS. The van der Waals surface area contributed by atoms with Crippen LogP contribution < -0.4 is 0 Å². The standard InChI is InChI=1S/C14H13BrClFS/c1-7-4-10(5-8(2)13(7)17)11(15)14-12(16)9(3)6-18-14/h4-6,11H,1-3H3. The first-order valence-electron chi connectivity index (χ1n) is 5.56. The Labute approximate surface area is 124 Å². The summed E-state index contributed by atoms with van der Waals surface area (Å²) in [6, 6.07) is 3.74. The molecule has 2 rings (SSSR count). The van der Waals surface area contributed by atoms with Gasteiger partial charge in [0, 0.05) is 4.88 Å². The van der Waals surface area contributed by atoms with Crippen LogP contribution in [0.15, 0.2) is 17.5 Å². The zero-order valence-corrected chi connectivity index (χ0v) is 13.5.